The van der Waals surface area contributed by atoms with Crippen LogP contribution in [0.4, 0.5) is 0 Å². The molecule has 0 unspecified atom stereocenters. The van der Waals surface area contributed by atoms with Crippen LogP contribution < -0.4 is 4.57 Å². The molecule has 3 aromatic rings. The largest absolute Gasteiger partial charge is 0.287 e. The maximum Gasteiger partial charge on any atom is 0.287 e. The highest BCUT2D eigenvalue weighted by atomic mass is 32.1. The number of rotatable bonds is 1. The third-order valence-electron chi connectivity index (χ3n) is 3.94. The van der Waals surface area contributed by atoms with E-state index in [0.717, 1.165) is 5.52 Å². The van der Waals surface area contributed by atoms with E-state index < -0.39 is 0 Å². The molecule has 3 heteroatoms. The molecule has 0 N–H and O–H groups in total. The summed E-state index contributed by atoms with van der Waals surface area (Å²) < 4.78 is 3.42. The molecule has 0 aliphatic rings. The number of hydrogen-bond acceptors (Lipinski definition) is 2. The molecule has 0 saturated carbocycles. The van der Waals surface area contributed by atoms with Crippen molar-refractivity contribution in [2.24, 2.45) is 7.05 Å². The maximum atomic E-state index is 4.57. The lowest BCUT2D eigenvalue weighted by atomic mass is 9.97. The van der Waals surface area contributed by atoms with Gasteiger partial charge in [0.05, 0.1) is 7.05 Å². The summed E-state index contributed by atoms with van der Waals surface area (Å²) in [7, 11) is 2.08. The van der Waals surface area contributed by atoms with Gasteiger partial charge in [0.2, 0.25) is 0 Å². The molecule has 0 radical (unpaired) electrons. The normalized spacial score (nSPS) is 11.2. The summed E-state index contributed by atoms with van der Waals surface area (Å²) in [6.45, 7) is 8.68. The van der Waals surface area contributed by atoms with Gasteiger partial charge in [0.1, 0.15) is 4.70 Å². The Hall–Kier alpha value is -1.74. The summed E-state index contributed by atoms with van der Waals surface area (Å²) in [5, 5.41) is 2.19. The Morgan fingerprint density at radius 1 is 1.05 bits per heavy atom. The van der Waals surface area contributed by atoms with Crippen molar-refractivity contribution < 1.29 is 4.57 Å². The van der Waals surface area contributed by atoms with Crippen LogP contribution in [0.3, 0.4) is 0 Å². The number of aryl methyl sites for hydroxylation is 4. The fourth-order valence-corrected chi connectivity index (χ4v) is 3.82. The minimum Gasteiger partial charge on any atom is -0.231 e. The summed E-state index contributed by atoms with van der Waals surface area (Å²) in [6, 6.07) is 4.53. The van der Waals surface area contributed by atoms with Gasteiger partial charge in [-0.05, 0) is 55.3 Å². The fraction of sp³-hybridized carbons (Fsp3) is 0.294. The average Bonchev–Trinajstić information content (AvgIpc) is 2.76. The number of thiophene rings is 1. The summed E-state index contributed by atoms with van der Waals surface area (Å²) in [6.07, 6.45) is 1.93. The van der Waals surface area contributed by atoms with Crippen molar-refractivity contribution in [2.75, 3.05) is 0 Å². The first-order valence-electron chi connectivity index (χ1n) is 6.79. The molecule has 20 heavy (non-hydrogen) atoms. The van der Waals surface area contributed by atoms with E-state index in [4.69, 9.17) is 0 Å². The van der Waals surface area contributed by atoms with Crippen LogP contribution in [0.1, 0.15) is 22.3 Å². The van der Waals surface area contributed by atoms with E-state index in [9.17, 15) is 0 Å². The Morgan fingerprint density at radius 3 is 2.55 bits per heavy atom. The Morgan fingerprint density at radius 2 is 1.80 bits per heavy atom. The molecule has 0 amide bonds. The second kappa shape index (κ2) is 4.67. The van der Waals surface area contributed by atoms with Crippen molar-refractivity contribution in [1.82, 2.24) is 4.98 Å². The minimum atomic E-state index is 1.13. The van der Waals surface area contributed by atoms with Crippen molar-refractivity contribution in [3.05, 3.63) is 46.1 Å². The first-order valence-corrected chi connectivity index (χ1v) is 7.67. The van der Waals surface area contributed by atoms with E-state index in [1.807, 2.05) is 6.33 Å². The predicted molar refractivity (Wildman–Crippen MR) is 85.2 cm³/mol. The van der Waals surface area contributed by atoms with Gasteiger partial charge in [0.25, 0.3) is 6.33 Å². The van der Waals surface area contributed by atoms with Crippen LogP contribution in [0, 0.1) is 27.7 Å². The van der Waals surface area contributed by atoms with Gasteiger partial charge in [-0.3, -0.25) is 0 Å². The van der Waals surface area contributed by atoms with E-state index in [1.54, 1.807) is 11.3 Å². The molecule has 2 nitrogen and oxygen atoms in total. The van der Waals surface area contributed by atoms with Crippen molar-refractivity contribution in [2.45, 2.75) is 27.7 Å². The first kappa shape index (κ1) is 13.3. The quantitative estimate of drug-likeness (QED) is 0.616. The number of aromatic nitrogens is 2. The van der Waals surface area contributed by atoms with Crippen molar-refractivity contribution in [3.8, 4) is 11.3 Å². The van der Waals surface area contributed by atoms with Gasteiger partial charge >= 0.3 is 0 Å². The first-order chi connectivity index (χ1) is 9.49. The molecular weight excluding hydrogens is 264 g/mol. The molecule has 2 aromatic heterocycles. The van der Waals surface area contributed by atoms with Crippen LogP contribution in [0.5, 0.6) is 0 Å². The van der Waals surface area contributed by atoms with Crippen LogP contribution in [-0.4, -0.2) is 4.98 Å². The lowest BCUT2D eigenvalue weighted by Crippen LogP contribution is -2.31. The summed E-state index contributed by atoms with van der Waals surface area (Å²) in [5.41, 5.74) is 8.98. The van der Waals surface area contributed by atoms with Gasteiger partial charge in [-0.25, -0.2) is 4.57 Å². The van der Waals surface area contributed by atoms with E-state index in [1.165, 1.54) is 38.2 Å². The second-order valence-corrected chi connectivity index (χ2v) is 6.43. The van der Waals surface area contributed by atoms with Crippen molar-refractivity contribution in [3.63, 3.8) is 0 Å². The zero-order chi connectivity index (χ0) is 14.4. The Kier molecular flexibility index (Phi) is 3.09. The Balaban J connectivity index is 2.43. The average molecular weight is 283 g/mol. The molecule has 0 aliphatic heterocycles. The third-order valence-corrected chi connectivity index (χ3v) is 5.03. The smallest absolute Gasteiger partial charge is 0.231 e. The zero-order valence-corrected chi connectivity index (χ0v) is 13.4. The molecule has 0 saturated heterocycles. The molecule has 0 fully saturated rings. The van der Waals surface area contributed by atoms with Crippen molar-refractivity contribution >= 4 is 21.6 Å². The van der Waals surface area contributed by atoms with Gasteiger partial charge in [-0.15, -0.1) is 11.3 Å². The molecule has 0 spiro atoms. The van der Waals surface area contributed by atoms with E-state index >= 15 is 0 Å². The number of hydrogen-bond donors (Lipinski definition) is 0. The Bertz CT molecular complexity index is 815. The SMILES string of the molecule is Cc1cc(C)c(C)c(-c2c3scc(C)c3nc[n+]2C)c1. The number of nitrogens with zero attached hydrogens (tertiary/aromatic N) is 2. The van der Waals surface area contributed by atoms with Crippen molar-refractivity contribution in [1.29, 1.82) is 0 Å². The second-order valence-electron chi connectivity index (χ2n) is 5.55. The van der Waals surface area contributed by atoms with Crippen LogP contribution >= 0.6 is 11.3 Å². The molecule has 3 rings (SSSR count). The van der Waals surface area contributed by atoms with Crippen LogP contribution in [0.25, 0.3) is 21.5 Å². The standard InChI is InChI=1S/C17H19N2S/c1-10-6-11(2)13(4)14(7-10)16-17-15(12(3)8-20-17)18-9-19(16)5/h6-9H,1-5H3/q+1. The van der Waals surface area contributed by atoms with Gasteiger partial charge < -0.3 is 0 Å². The molecule has 0 bridgehead atoms. The predicted octanol–water partition coefficient (Wildman–Crippen LogP) is 4.02. The lowest BCUT2D eigenvalue weighted by Gasteiger charge is -2.11. The molecule has 0 atom stereocenters. The molecule has 0 aliphatic carbocycles. The Labute approximate surface area is 123 Å². The van der Waals surface area contributed by atoms with E-state index in [2.05, 4.69) is 61.8 Å². The maximum absolute atomic E-state index is 4.57. The van der Waals surface area contributed by atoms with Crippen LogP contribution in [0.15, 0.2) is 23.8 Å². The fourth-order valence-electron chi connectivity index (χ4n) is 2.73. The molecule has 102 valence electrons. The summed E-state index contributed by atoms with van der Waals surface area (Å²) in [4.78, 5) is 4.57. The number of benzene rings is 1. The lowest BCUT2D eigenvalue weighted by molar-refractivity contribution is -0.662. The van der Waals surface area contributed by atoms with Gasteiger partial charge in [0.15, 0.2) is 11.2 Å². The topological polar surface area (TPSA) is 16.8 Å². The third kappa shape index (κ3) is 1.93. The number of fused-ring (bicyclic) bond motifs is 1. The minimum absolute atomic E-state index is 1.13. The van der Waals surface area contributed by atoms with E-state index in [0.29, 0.717) is 0 Å². The highest BCUT2D eigenvalue weighted by Crippen LogP contribution is 2.33. The molecule has 1 aromatic carbocycles. The highest BCUT2D eigenvalue weighted by Gasteiger charge is 2.20. The van der Waals surface area contributed by atoms with Gasteiger partial charge in [0, 0.05) is 11.1 Å². The van der Waals surface area contributed by atoms with Crippen LogP contribution in [-0.2, 0) is 7.05 Å². The monoisotopic (exact) mass is 283 g/mol. The van der Waals surface area contributed by atoms with Gasteiger partial charge in [-0.1, -0.05) is 11.6 Å². The van der Waals surface area contributed by atoms with Crippen LogP contribution in [0.2, 0.25) is 0 Å². The molecule has 2 heterocycles. The zero-order valence-electron chi connectivity index (χ0n) is 12.6. The van der Waals surface area contributed by atoms with Gasteiger partial charge in [-0.2, -0.15) is 0 Å². The summed E-state index contributed by atoms with van der Waals surface area (Å²) >= 11 is 1.79. The summed E-state index contributed by atoms with van der Waals surface area (Å²) in [5.74, 6) is 0. The van der Waals surface area contributed by atoms with E-state index in [-0.39, 0.29) is 0 Å². The molecular formula is C17H19N2S+. The highest BCUT2D eigenvalue weighted by molar-refractivity contribution is 7.17.